The first kappa shape index (κ1) is 18.2. The zero-order chi connectivity index (χ0) is 16.8. The molecule has 0 aliphatic carbocycles. The molecule has 0 bridgehead atoms. The van der Waals surface area contributed by atoms with E-state index in [-0.39, 0.29) is 11.5 Å². The van der Waals surface area contributed by atoms with E-state index in [1.54, 1.807) is 35.7 Å². The number of fused-ring (bicyclic) bond motifs is 1. The minimum atomic E-state index is -0.0551. The summed E-state index contributed by atoms with van der Waals surface area (Å²) in [6.45, 7) is 0. The maximum Gasteiger partial charge on any atom is 0.158 e. The largest absolute Gasteiger partial charge is 0.504 e. The molecule has 3 aliphatic rings. The molecule has 2 N–H and O–H groups in total. The quantitative estimate of drug-likeness (QED) is 0.432. The highest BCUT2D eigenvalue weighted by Crippen LogP contribution is 2.69. The number of benzene rings is 1. The van der Waals surface area contributed by atoms with Crippen LogP contribution in [0, 0.1) is 0 Å². The van der Waals surface area contributed by atoms with Crippen LogP contribution in [-0.4, -0.2) is 22.7 Å². The molecule has 3 heterocycles. The summed E-state index contributed by atoms with van der Waals surface area (Å²) in [6, 6.07) is 3.31. The normalized spacial score (nSPS) is 20.1. The molecule has 3 aliphatic heterocycles. The third-order valence-corrected chi connectivity index (χ3v) is 14.4. The highest BCUT2D eigenvalue weighted by molar-refractivity contribution is 8.45. The van der Waals surface area contributed by atoms with Crippen molar-refractivity contribution in [2.24, 2.45) is 0 Å². The Kier molecular flexibility index (Phi) is 5.66. The number of rotatable bonds is 2. The van der Waals surface area contributed by atoms with Gasteiger partial charge in [0.1, 0.15) is 0 Å². The lowest BCUT2D eigenvalue weighted by molar-refractivity contribution is 0.401. The Bertz CT molecular complexity index is 763. The van der Waals surface area contributed by atoms with E-state index in [1.807, 2.05) is 70.6 Å². The molecule has 1 aromatic carbocycles. The Hall–Kier alpha value is 0.840. The molecule has 0 amide bonds. The van der Waals surface area contributed by atoms with E-state index in [1.165, 1.54) is 25.4 Å². The first-order valence-corrected chi connectivity index (χ1v) is 13.9. The van der Waals surface area contributed by atoms with Crippen LogP contribution in [0.2, 0.25) is 0 Å². The molecule has 0 fully saturated rings. The van der Waals surface area contributed by atoms with E-state index in [2.05, 4.69) is 12.5 Å². The highest BCUT2D eigenvalue weighted by atomic mass is 32.3. The highest BCUT2D eigenvalue weighted by Gasteiger charge is 2.33. The molecule has 0 saturated heterocycles. The Morgan fingerprint density at radius 1 is 0.625 bits per heavy atom. The van der Waals surface area contributed by atoms with Crippen LogP contribution in [-0.2, 0) is 0 Å². The van der Waals surface area contributed by atoms with Crippen molar-refractivity contribution in [3.05, 3.63) is 37.6 Å². The summed E-state index contributed by atoms with van der Waals surface area (Å²) in [6.07, 6.45) is 4.26. The van der Waals surface area contributed by atoms with E-state index < -0.39 is 0 Å². The van der Waals surface area contributed by atoms with Crippen LogP contribution in [0.3, 0.4) is 0 Å². The lowest BCUT2D eigenvalue weighted by Crippen LogP contribution is -1.85. The standard InChI is InChI=1S/C14H10O2S8/c1-17-9-10(18-2)22-13(21-9)14-23-11-12(24-14)20-8-4-6(16)5(15)3-7(8)19-11/h3-4,15-16H,1-2H3. The second kappa shape index (κ2) is 7.46. The van der Waals surface area contributed by atoms with Gasteiger partial charge in [-0.05, 0) is 24.6 Å². The van der Waals surface area contributed by atoms with Gasteiger partial charge in [0.05, 0.1) is 25.4 Å². The first-order valence-electron chi connectivity index (χ1n) is 6.53. The minimum absolute atomic E-state index is 0.0551. The van der Waals surface area contributed by atoms with Gasteiger partial charge in [0, 0.05) is 9.79 Å². The van der Waals surface area contributed by atoms with Crippen molar-refractivity contribution in [2.75, 3.05) is 12.5 Å². The van der Waals surface area contributed by atoms with Gasteiger partial charge in [-0.3, -0.25) is 0 Å². The molecule has 1 aromatic rings. The monoisotopic (exact) mass is 466 g/mol. The summed E-state index contributed by atoms with van der Waals surface area (Å²) in [5, 5.41) is 19.5. The molecule has 0 radical (unpaired) electrons. The SMILES string of the molecule is CSC1=C(SC)SC(=C2SC3=C(S2)Sc2cc(O)c(O)cc2S3)S1. The van der Waals surface area contributed by atoms with Gasteiger partial charge < -0.3 is 10.2 Å². The fourth-order valence-corrected chi connectivity index (χ4v) is 13.1. The molecule has 0 aromatic heterocycles. The number of thioether (sulfide) groups is 8. The van der Waals surface area contributed by atoms with Gasteiger partial charge in [0.15, 0.2) is 11.5 Å². The molecule has 0 unspecified atom stereocenters. The zero-order valence-corrected chi connectivity index (χ0v) is 18.8. The third-order valence-electron chi connectivity index (χ3n) is 3.06. The van der Waals surface area contributed by atoms with Gasteiger partial charge in [0.2, 0.25) is 0 Å². The Morgan fingerprint density at radius 2 is 1.00 bits per heavy atom. The van der Waals surface area contributed by atoms with E-state index in [0.717, 1.165) is 9.79 Å². The van der Waals surface area contributed by atoms with Crippen molar-refractivity contribution in [1.29, 1.82) is 0 Å². The smallest absolute Gasteiger partial charge is 0.158 e. The minimum Gasteiger partial charge on any atom is -0.504 e. The summed E-state index contributed by atoms with van der Waals surface area (Å²) in [4.78, 5) is 2.01. The topological polar surface area (TPSA) is 40.5 Å². The van der Waals surface area contributed by atoms with Gasteiger partial charge in [-0.2, -0.15) is 0 Å². The van der Waals surface area contributed by atoms with Crippen molar-refractivity contribution in [1.82, 2.24) is 0 Å². The van der Waals surface area contributed by atoms with Crippen molar-refractivity contribution < 1.29 is 10.2 Å². The Balaban J connectivity index is 1.57. The summed E-state index contributed by atoms with van der Waals surface area (Å²) >= 11 is 14.4. The molecule has 4 rings (SSSR count). The maximum absolute atomic E-state index is 9.73. The molecule has 10 heteroatoms. The maximum atomic E-state index is 9.73. The van der Waals surface area contributed by atoms with Crippen LogP contribution in [0.25, 0.3) is 0 Å². The number of phenols is 2. The lowest BCUT2D eigenvalue weighted by atomic mass is 10.3. The zero-order valence-electron chi connectivity index (χ0n) is 12.3. The molecule has 0 atom stereocenters. The van der Waals surface area contributed by atoms with Crippen LogP contribution in [0.5, 0.6) is 11.5 Å². The van der Waals surface area contributed by atoms with E-state index >= 15 is 0 Å². The molecule has 126 valence electrons. The molecule has 24 heavy (non-hydrogen) atoms. The number of phenolic OH excluding ortho intramolecular Hbond substituents is 2. The molecular formula is C14H10O2S8. The summed E-state index contributed by atoms with van der Waals surface area (Å²) in [5.74, 6) is -0.110. The van der Waals surface area contributed by atoms with Crippen LogP contribution in [0.15, 0.2) is 47.3 Å². The van der Waals surface area contributed by atoms with Crippen molar-refractivity contribution >= 4 is 94.1 Å². The van der Waals surface area contributed by atoms with E-state index in [9.17, 15) is 10.2 Å². The predicted molar refractivity (Wildman–Crippen MR) is 120 cm³/mol. The second-order valence-corrected chi connectivity index (χ2v) is 13.9. The average Bonchev–Trinajstić information content (AvgIpc) is 3.16. The molecule has 0 spiro atoms. The van der Waals surface area contributed by atoms with Gasteiger partial charge in [0.25, 0.3) is 0 Å². The number of hydrogen-bond donors (Lipinski definition) is 2. The van der Waals surface area contributed by atoms with E-state index in [4.69, 9.17) is 0 Å². The number of hydrogen-bond acceptors (Lipinski definition) is 10. The average molecular weight is 467 g/mol. The summed E-state index contributed by atoms with van der Waals surface area (Å²) in [7, 11) is 0. The van der Waals surface area contributed by atoms with Gasteiger partial charge in [-0.25, -0.2) is 0 Å². The Labute approximate surface area is 174 Å². The van der Waals surface area contributed by atoms with Gasteiger partial charge in [-0.15, -0.1) is 23.5 Å². The van der Waals surface area contributed by atoms with Crippen LogP contribution in [0.1, 0.15) is 0 Å². The summed E-state index contributed by atoms with van der Waals surface area (Å²) < 4.78 is 8.03. The van der Waals surface area contributed by atoms with Crippen LogP contribution in [0.4, 0.5) is 0 Å². The molecule has 2 nitrogen and oxygen atoms in total. The van der Waals surface area contributed by atoms with Crippen molar-refractivity contribution in [3.63, 3.8) is 0 Å². The molecular weight excluding hydrogens is 457 g/mol. The fourth-order valence-electron chi connectivity index (χ4n) is 1.98. The lowest BCUT2D eigenvalue weighted by Gasteiger charge is -2.15. The van der Waals surface area contributed by atoms with E-state index in [0.29, 0.717) is 0 Å². The first-order chi connectivity index (χ1) is 11.6. The van der Waals surface area contributed by atoms with Crippen molar-refractivity contribution in [3.8, 4) is 11.5 Å². The second-order valence-electron chi connectivity index (χ2n) is 4.53. The molecule has 0 saturated carbocycles. The van der Waals surface area contributed by atoms with Crippen LogP contribution < -0.4 is 0 Å². The summed E-state index contributed by atoms with van der Waals surface area (Å²) in [5.41, 5.74) is 0. The Morgan fingerprint density at radius 3 is 1.42 bits per heavy atom. The van der Waals surface area contributed by atoms with Crippen molar-refractivity contribution in [2.45, 2.75) is 9.79 Å². The van der Waals surface area contributed by atoms with Gasteiger partial charge >= 0.3 is 0 Å². The predicted octanol–water partition coefficient (Wildman–Crippen LogP) is 7.36. The number of aromatic hydroxyl groups is 2. The third kappa shape index (κ3) is 3.37. The van der Waals surface area contributed by atoms with Crippen LogP contribution >= 0.6 is 94.1 Å². The fraction of sp³-hybridized carbons (Fsp3) is 0.143. The van der Waals surface area contributed by atoms with Gasteiger partial charge in [-0.1, -0.05) is 70.6 Å².